The van der Waals surface area contributed by atoms with Crippen LogP contribution in [0.5, 0.6) is 0 Å². The Kier molecular flexibility index (Phi) is 3.57. The Morgan fingerprint density at radius 1 is 0.640 bits per heavy atom. The fourth-order valence-electron chi connectivity index (χ4n) is 3.82. The lowest BCUT2D eigenvalue weighted by Gasteiger charge is -2.28. The fraction of sp³-hybridized carbons (Fsp3) is 0.0870. The molecule has 3 aromatic carbocycles. The minimum Gasteiger partial charge on any atom is -0.189 e. The maximum atomic E-state index is 2.47. The lowest BCUT2D eigenvalue weighted by molar-refractivity contribution is -0.691. The first-order valence-electron chi connectivity index (χ1n) is 8.61. The van der Waals surface area contributed by atoms with Crippen LogP contribution in [0.25, 0.3) is 10.9 Å². The summed E-state index contributed by atoms with van der Waals surface area (Å²) < 4.78 is 2.47. The molecule has 0 unspecified atom stereocenters. The van der Waals surface area contributed by atoms with E-state index < -0.39 is 0 Å². The molecule has 1 aliphatic rings. The van der Waals surface area contributed by atoms with Crippen LogP contribution < -0.4 is 4.57 Å². The third-order valence-corrected chi connectivity index (χ3v) is 6.29. The number of para-hydroxylation sites is 1. The average Bonchev–Trinajstić information content (AvgIpc) is 2.69. The normalized spacial score (nSPS) is 19.0. The van der Waals surface area contributed by atoms with Gasteiger partial charge in [-0.3, -0.25) is 0 Å². The number of rotatable bonds is 2. The molecule has 0 saturated carbocycles. The second-order valence-electron chi connectivity index (χ2n) is 6.41. The smallest absolute Gasteiger partial charge is 0.189 e. The first-order valence-corrected chi connectivity index (χ1v) is 9.49. The number of pyridine rings is 1. The Morgan fingerprint density at radius 2 is 1.32 bits per heavy atom. The summed E-state index contributed by atoms with van der Waals surface area (Å²) in [5.41, 5.74) is 4.08. The molecule has 0 N–H and O–H groups in total. The SMILES string of the molecule is c1ccc([C@H]2Sc3cccc4ccc[n+](c34)[C@H]2c2ccccc2)cc1. The van der Waals surface area contributed by atoms with Crippen LogP contribution in [-0.2, 0) is 0 Å². The summed E-state index contributed by atoms with van der Waals surface area (Å²) in [5, 5.41) is 1.66. The molecule has 25 heavy (non-hydrogen) atoms. The molecule has 0 spiro atoms. The quantitative estimate of drug-likeness (QED) is 0.432. The van der Waals surface area contributed by atoms with Gasteiger partial charge in [0.05, 0.1) is 4.90 Å². The van der Waals surface area contributed by atoms with Crippen molar-refractivity contribution in [1.82, 2.24) is 0 Å². The van der Waals surface area contributed by atoms with Crippen LogP contribution in [0.3, 0.4) is 0 Å². The molecule has 0 bridgehead atoms. The number of hydrogen-bond donors (Lipinski definition) is 0. The van der Waals surface area contributed by atoms with Crippen molar-refractivity contribution in [2.24, 2.45) is 0 Å². The molecule has 1 aliphatic heterocycles. The Balaban J connectivity index is 1.79. The van der Waals surface area contributed by atoms with E-state index >= 15 is 0 Å². The molecule has 1 aromatic heterocycles. The van der Waals surface area contributed by atoms with E-state index in [1.807, 2.05) is 11.8 Å². The highest BCUT2D eigenvalue weighted by Gasteiger charge is 2.39. The van der Waals surface area contributed by atoms with E-state index in [9.17, 15) is 0 Å². The van der Waals surface area contributed by atoms with Crippen molar-refractivity contribution < 1.29 is 4.57 Å². The van der Waals surface area contributed by atoms with Gasteiger partial charge in [0, 0.05) is 17.0 Å². The van der Waals surface area contributed by atoms with Crippen LogP contribution in [0, 0.1) is 0 Å². The Hall–Kier alpha value is -2.58. The zero-order valence-corrected chi connectivity index (χ0v) is 14.6. The summed E-state index contributed by atoms with van der Waals surface area (Å²) in [4.78, 5) is 1.36. The maximum absolute atomic E-state index is 2.47. The lowest BCUT2D eigenvalue weighted by atomic mass is 9.96. The van der Waals surface area contributed by atoms with Crippen LogP contribution in [-0.4, -0.2) is 0 Å². The van der Waals surface area contributed by atoms with Gasteiger partial charge in [0.25, 0.3) is 0 Å². The standard InChI is InChI=1S/C23H18NS/c1-3-9-18(10-4-1)22-23(19-11-5-2-6-12-19)25-20-15-7-13-17-14-8-16-24(22)21(17)20/h1-16,22-23H/q+1/t22-,23+/m0/s1. The van der Waals surface area contributed by atoms with Crippen molar-refractivity contribution in [3.63, 3.8) is 0 Å². The number of thioether (sulfide) groups is 1. The minimum atomic E-state index is 0.284. The Bertz CT molecular complexity index is 1020. The van der Waals surface area contributed by atoms with Crippen LogP contribution in [0.2, 0.25) is 0 Å². The van der Waals surface area contributed by atoms with E-state index in [0.717, 1.165) is 0 Å². The first kappa shape index (κ1) is 14.7. The van der Waals surface area contributed by atoms with Crippen molar-refractivity contribution in [3.05, 3.63) is 108 Å². The van der Waals surface area contributed by atoms with Gasteiger partial charge in [0.1, 0.15) is 5.25 Å². The van der Waals surface area contributed by atoms with Gasteiger partial charge in [-0.25, -0.2) is 0 Å². The van der Waals surface area contributed by atoms with Gasteiger partial charge in [-0.2, -0.15) is 4.57 Å². The van der Waals surface area contributed by atoms with Crippen LogP contribution in [0.4, 0.5) is 0 Å². The van der Waals surface area contributed by atoms with Crippen molar-refractivity contribution in [3.8, 4) is 0 Å². The van der Waals surface area contributed by atoms with E-state index in [1.165, 1.54) is 26.9 Å². The van der Waals surface area contributed by atoms with Crippen molar-refractivity contribution in [2.75, 3.05) is 0 Å². The summed E-state index contributed by atoms with van der Waals surface area (Å²) in [6.07, 6.45) is 2.24. The largest absolute Gasteiger partial charge is 0.226 e. The molecule has 2 heteroatoms. The van der Waals surface area contributed by atoms with Gasteiger partial charge in [-0.1, -0.05) is 66.7 Å². The molecule has 5 rings (SSSR count). The van der Waals surface area contributed by atoms with Crippen molar-refractivity contribution in [1.29, 1.82) is 0 Å². The third kappa shape index (κ3) is 2.45. The Morgan fingerprint density at radius 3 is 2.08 bits per heavy atom. The molecule has 2 heterocycles. The average molecular weight is 340 g/mol. The van der Waals surface area contributed by atoms with Crippen LogP contribution >= 0.6 is 11.8 Å². The number of nitrogens with zero attached hydrogens (tertiary/aromatic N) is 1. The van der Waals surface area contributed by atoms with Crippen LogP contribution in [0.15, 0.2) is 102 Å². The highest BCUT2D eigenvalue weighted by Crippen LogP contribution is 2.48. The van der Waals surface area contributed by atoms with Gasteiger partial charge in [0.15, 0.2) is 12.2 Å². The first-order chi connectivity index (χ1) is 12.4. The topological polar surface area (TPSA) is 3.88 Å². The predicted octanol–water partition coefficient (Wildman–Crippen LogP) is 5.56. The summed E-state index contributed by atoms with van der Waals surface area (Å²) in [6.45, 7) is 0. The van der Waals surface area contributed by atoms with Gasteiger partial charge in [-0.15, -0.1) is 11.8 Å². The van der Waals surface area contributed by atoms with Crippen molar-refractivity contribution >= 4 is 22.7 Å². The summed E-state index contributed by atoms with van der Waals surface area (Å²) in [7, 11) is 0. The second-order valence-corrected chi connectivity index (χ2v) is 7.60. The van der Waals surface area contributed by atoms with Crippen LogP contribution in [0.1, 0.15) is 22.4 Å². The number of hydrogen-bond acceptors (Lipinski definition) is 1. The molecule has 0 saturated heterocycles. The highest BCUT2D eigenvalue weighted by atomic mass is 32.2. The molecule has 4 aromatic rings. The molecule has 2 atom stereocenters. The number of aromatic nitrogens is 1. The number of benzene rings is 3. The molecule has 0 fully saturated rings. The molecule has 120 valence electrons. The molecule has 0 aliphatic carbocycles. The van der Waals surface area contributed by atoms with E-state index in [-0.39, 0.29) is 6.04 Å². The van der Waals surface area contributed by atoms with Gasteiger partial charge in [-0.05, 0) is 23.8 Å². The molecular formula is C23H18NS+. The summed E-state index contributed by atoms with van der Waals surface area (Å²) >= 11 is 1.98. The van der Waals surface area contributed by atoms with Gasteiger partial charge in [0.2, 0.25) is 5.52 Å². The molecule has 0 amide bonds. The van der Waals surface area contributed by atoms with Gasteiger partial charge < -0.3 is 0 Å². The second kappa shape index (κ2) is 6.05. The van der Waals surface area contributed by atoms with Crippen molar-refractivity contribution in [2.45, 2.75) is 16.2 Å². The molecular weight excluding hydrogens is 322 g/mol. The monoisotopic (exact) mass is 340 g/mol. The fourth-order valence-corrected chi connectivity index (χ4v) is 5.29. The summed E-state index contributed by atoms with van der Waals surface area (Å²) in [5.74, 6) is 0. The van der Waals surface area contributed by atoms with Gasteiger partial charge >= 0.3 is 0 Å². The van der Waals surface area contributed by atoms with E-state index in [0.29, 0.717) is 5.25 Å². The third-order valence-electron chi connectivity index (χ3n) is 4.92. The Labute approximate surface area is 152 Å². The molecule has 0 radical (unpaired) electrons. The highest BCUT2D eigenvalue weighted by molar-refractivity contribution is 7.99. The van der Waals surface area contributed by atoms with E-state index in [1.54, 1.807) is 0 Å². The van der Waals surface area contributed by atoms with E-state index in [2.05, 4.69) is 102 Å². The van der Waals surface area contributed by atoms with E-state index in [4.69, 9.17) is 0 Å². The predicted molar refractivity (Wildman–Crippen MR) is 104 cm³/mol. The minimum absolute atomic E-state index is 0.284. The molecule has 1 nitrogen and oxygen atoms in total. The lowest BCUT2D eigenvalue weighted by Crippen LogP contribution is -2.45. The summed E-state index contributed by atoms with van der Waals surface area (Å²) in [6, 6.07) is 33.0. The zero-order chi connectivity index (χ0) is 16.6. The zero-order valence-electron chi connectivity index (χ0n) is 13.7. The maximum Gasteiger partial charge on any atom is 0.226 e.